The molecule has 6 heteroatoms. The van der Waals surface area contributed by atoms with Crippen molar-refractivity contribution in [3.05, 3.63) is 53.3 Å². The van der Waals surface area contributed by atoms with Crippen molar-refractivity contribution in [3.8, 4) is 0 Å². The zero-order chi connectivity index (χ0) is 16.9. The normalized spacial score (nSPS) is 14.5. The van der Waals surface area contributed by atoms with Crippen LogP contribution in [-0.2, 0) is 6.42 Å². The monoisotopic (exact) mass is 326 g/mol. The van der Waals surface area contributed by atoms with E-state index in [0.29, 0.717) is 5.69 Å². The van der Waals surface area contributed by atoms with Crippen molar-refractivity contribution in [1.82, 2.24) is 10.3 Å². The van der Waals surface area contributed by atoms with E-state index in [9.17, 15) is 4.79 Å². The number of piperazine rings is 1. The molecule has 1 saturated heterocycles. The molecule has 126 valence electrons. The van der Waals surface area contributed by atoms with Gasteiger partial charge in [0.2, 0.25) is 0 Å². The third kappa shape index (κ3) is 3.65. The Hall–Kier alpha value is -2.60. The Kier molecular flexibility index (Phi) is 4.96. The number of nitrogens with zero attached hydrogens (tertiary/aromatic N) is 2. The Labute approximate surface area is 141 Å². The first kappa shape index (κ1) is 16.3. The lowest BCUT2D eigenvalue weighted by molar-refractivity contribution is 0.209. The van der Waals surface area contributed by atoms with Gasteiger partial charge in [-0.3, -0.25) is 10.3 Å². The van der Waals surface area contributed by atoms with Crippen molar-refractivity contribution in [3.63, 3.8) is 0 Å². The summed E-state index contributed by atoms with van der Waals surface area (Å²) >= 11 is 0. The Morgan fingerprint density at radius 2 is 1.96 bits per heavy atom. The van der Waals surface area contributed by atoms with Gasteiger partial charge in [-0.25, -0.2) is 4.79 Å². The lowest BCUT2D eigenvalue weighted by Gasteiger charge is -2.33. The lowest BCUT2D eigenvalue weighted by Crippen LogP contribution is -2.44. The van der Waals surface area contributed by atoms with E-state index in [0.717, 1.165) is 43.9 Å². The first-order valence-corrected chi connectivity index (χ1v) is 8.12. The molecule has 0 saturated carbocycles. The number of hydrogen-bond donors (Lipinski definition) is 3. The molecule has 0 aliphatic carbocycles. The highest BCUT2D eigenvalue weighted by atomic mass is 16.4. The van der Waals surface area contributed by atoms with Crippen LogP contribution in [0.2, 0.25) is 0 Å². The van der Waals surface area contributed by atoms with Crippen LogP contribution in [0, 0.1) is 6.92 Å². The molecule has 2 aromatic rings. The molecule has 0 atom stereocenters. The van der Waals surface area contributed by atoms with Crippen molar-refractivity contribution in [2.45, 2.75) is 13.3 Å². The summed E-state index contributed by atoms with van der Waals surface area (Å²) in [6.45, 7) is 5.69. The molecule has 1 fully saturated rings. The van der Waals surface area contributed by atoms with Gasteiger partial charge in [-0.2, -0.15) is 0 Å². The average molecular weight is 326 g/mol. The number of aromatic nitrogens is 1. The molecule has 0 radical (unpaired) electrons. The van der Waals surface area contributed by atoms with Crippen LogP contribution >= 0.6 is 0 Å². The van der Waals surface area contributed by atoms with Crippen LogP contribution < -0.4 is 15.5 Å². The molecule has 1 amide bonds. The van der Waals surface area contributed by atoms with Gasteiger partial charge in [0, 0.05) is 49.9 Å². The zero-order valence-electron chi connectivity index (χ0n) is 13.7. The van der Waals surface area contributed by atoms with E-state index in [2.05, 4.69) is 20.5 Å². The first-order chi connectivity index (χ1) is 11.6. The third-order valence-electron chi connectivity index (χ3n) is 4.33. The van der Waals surface area contributed by atoms with E-state index in [1.165, 1.54) is 11.1 Å². The number of amides is 1. The Bertz CT molecular complexity index is 712. The van der Waals surface area contributed by atoms with Gasteiger partial charge in [-0.15, -0.1) is 0 Å². The molecule has 6 nitrogen and oxygen atoms in total. The maximum atomic E-state index is 11.0. The van der Waals surface area contributed by atoms with E-state index >= 15 is 0 Å². The Morgan fingerprint density at radius 1 is 1.25 bits per heavy atom. The van der Waals surface area contributed by atoms with Gasteiger partial charge in [-0.05, 0) is 48.2 Å². The average Bonchev–Trinajstić information content (AvgIpc) is 2.59. The van der Waals surface area contributed by atoms with Crippen LogP contribution in [0.25, 0.3) is 0 Å². The zero-order valence-corrected chi connectivity index (χ0v) is 13.7. The van der Waals surface area contributed by atoms with Crippen LogP contribution in [0.3, 0.4) is 0 Å². The minimum atomic E-state index is -1.04. The summed E-state index contributed by atoms with van der Waals surface area (Å²) in [7, 11) is 0. The maximum Gasteiger partial charge on any atom is 0.409 e. The Morgan fingerprint density at radius 3 is 2.62 bits per heavy atom. The smallest absolute Gasteiger partial charge is 0.409 e. The lowest BCUT2D eigenvalue weighted by atomic mass is 9.98. The molecule has 0 spiro atoms. The van der Waals surface area contributed by atoms with E-state index in [-0.39, 0.29) is 0 Å². The maximum absolute atomic E-state index is 11.0. The SMILES string of the molecule is Cc1c(NC(=O)O)ccc(Cc2ccncc2)c1N1CCNCC1. The molecule has 0 bridgehead atoms. The number of carbonyl (C=O) groups is 1. The minimum absolute atomic E-state index is 0.648. The van der Waals surface area contributed by atoms with Crippen molar-refractivity contribution in [2.75, 3.05) is 36.4 Å². The van der Waals surface area contributed by atoms with E-state index in [4.69, 9.17) is 5.11 Å². The van der Waals surface area contributed by atoms with Crippen molar-refractivity contribution < 1.29 is 9.90 Å². The predicted molar refractivity (Wildman–Crippen MR) is 95.0 cm³/mol. The quantitative estimate of drug-likeness (QED) is 0.804. The summed E-state index contributed by atoms with van der Waals surface area (Å²) in [6, 6.07) is 7.91. The number of anilines is 2. The summed E-state index contributed by atoms with van der Waals surface area (Å²) in [5.74, 6) is 0. The summed E-state index contributed by atoms with van der Waals surface area (Å²) in [4.78, 5) is 17.5. The first-order valence-electron chi connectivity index (χ1n) is 8.12. The number of pyridine rings is 1. The summed E-state index contributed by atoms with van der Waals surface area (Å²) in [5.41, 5.74) is 5.16. The standard InChI is InChI=1S/C18H22N4O2/c1-13-16(21-18(23)24)3-2-15(12-14-4-6-19-7-5-14)17(13)22-10-8-20-9-11-22/h2-7,20-21H,8-12H2,1H3,(H,23,24). The highest BCUT2D eigenvalue weighted by Crippen LogP contribution is 2.33. The molecular weight excluding hydrogens is 304 g/mol. The van der Waals surface area contributed by atoms with Crippen molar-refractivity contribution >= 4 is 17.5 Å². The number of rotatable bonds is 4. The minimum Gasteiger partial charge on any atom is -0.465 e. The largest absolute Gasteiger partial charge is 0.465 e. The van der Waals surface area contributed by atoms with Crippen LogP contribution in [0.5, 0.6) is 0 Å². The number of carboxylic acid groups (broad SMARTS) is 1. The second-order valence-corrected chi connectivity index (χ2v) is 5.95. The number of nitrogens with one attached hydrogen (secondary N) is 2. The van der Waals surface area contributed by atoms with Crippen LogP contribution in [0.15, 0.2) is 36.7 Å². The second-order valence-electron chi connectivity index (χ2n) is 5.95. The molecular formula is C18H22N4O2. The fraction of sp³-hybridized carbons (Fsp3) is 0.333. The van der Waals surface area contributed by atoms with Gasteiger partial charge >= 0.3 is 6.09 Å². The van der Waals surface area contributed by atoms with Crippen molar-refractivity contribution in [1.29, 1.82) is 0 Å². The predicted octanol–water partition coefficient (Wildman–Crippen LogP) is 2.48. The van der Waals surface area contributed by atoms with Gasteiger partial charge in [0.15, 0.2) is 0 Å². The number of hydrogen-bond acceptors (Lipinski definition) is 4. The van der Waals surface area contributed by atoms with Gasteiger partial charge < -0.3 is 15.3 Å². The second kappa shape index (κ2) is 7.31. The fourth-order valence-corrected chi connectivity index (χ4v) is 3.20. The molecule has 1 aromatic heterocycles. The summed E-state index contributed by atoms with van der Waals surface area (Å²) in [5, 5.41) is 14.9. The van der Waals surface area contributed by atoms with Crippen molar-refractivity contribution in [2.24, 2.45) is 0 Å². The molecule has 3 rings (SSSR count). The van der Waals surface area contributed by atoms with E-state index in [1.807, 2.05) is 31.2 Å². The molecule has 0 unspecified atom stereocenters. The Balaban J connectivity index is 1.99. The van der Waals surface area contributed by atoms with Gasteiger partial charge in [0.25, 0.3) is 0 Å². The van der Waals surface area contributed by atoms with E-state index in [1.54, 1.807) is 12.4 Å². The van der Waals surface area contributed by atoms with E-state index < -0.39 is 6.09 Å². The van der Waals surface area contributed by atoms with Gasteiger partial charge in [0.1, 0.15) is 0 Å². The van der Waals surface area contributed by atoms with Crippen LogP contribution in [0.1, 0.15) is 16.7 Å². The molecule has 1 aliphatic heterocycles. The van der Waals surface area contributed by atoms with Gasteiger partial charge in [-0.1, -0.05) is 6.07 Å². The molecule has 3 N–H and O–H groups in total. The highest BCUT2D eigenvalue weighted by Gasteiger charge is 2.19. The summed E-state index contributed by atoms with van der Waals surface area (Å²) < 4.78 is 0. The fourth-order valence-electron chi connectivity index (χ4n) is 3.20. The van der Waals surface area contributed by atoms with Crippen LogP contribution in [-0.4, -0.2) is 42.4 Å². The highest BCUT2D eigenvalue weighted by molar-refractivity contribution is 5.86. The van der Waals surface area contributed by atoms with Gasteiger partial charge in [0.05, 0.1) is 0 Å². The third-order valence-corrected chi connectivity index (χ3v) is 4.33. The van der Waals surface area contributed by atoms with Crippen LogP contribution in [0.4, 0.5) is 16.2 Å². The summed E-state index contributed by atoms with van der Waals surface area (Å²) in [6.07, 6.45) is 3.36. The molecule has 1 aliphatic rings. The molecule has 2 heterocycles. The molecule has 1 aromatic carbocycles. The number of benzene rings is 1. The molecule has 24 heavy (non-hydrogen) atoms. The topological polar surface area (TPSA) is 77.5 Å².